The zero-order valence-corrected chi connectivity index (χ0v) is 9.54. The first kappa shape index (κ1) is 12.0. The molecule has 0 amide bonds. The van der Waals surface area contributed by atoms with E-state index in [1.807, 2.05) is 6.07 Å². The smallest absolute Gasteiger partial charge is 0.146 e. The van der Waals surface area contributed by atoms with Gasteiger partial charge in [-0.3, -0.25) is 0 Å². The minimum atomic E-state index is -0.585. The lowest BCUT2D eigenvalue weighted by molar-refractivity contribution is 0.603. The number of benzene rings is 1. The maximum atomic E-state index is 13.4. The van der Waals surface area contributed by atoms with Crippen LogP contribution in [0.3, 0.4) is 0 Å². The van der Waals surface area contributed by atoms with Gasteiger partial charge in [-0.15, -0.1) is 0 Å². The second-order valence-corrected chi connectivity index (χ2v) is 3.74. The predicted molar refractivity (Wildman–Crippen MR) is 63.3 cm³/mol. The Kier molecular flexibility index (Phi) is 3.20. The molecule has 5 heteroatoms. The Bertz CT molecular complexity index is 633. The van der Waals surface area contributed by atoms with E-state index < -0.39 is 11.6 Å². The van der Waals surface area contributed by atoms with Crippen LogP contribution in [0.15, 0.2) is 30.3 Å². The van der Waals surface area contributed by atoms with Gasteiger partial charge in [0.2, 0.25) is 0 Å². The molecule has 0 fully saturated rings. The molecule has 0 radical (unpaired) electrons. The molecule has 0 bridgehead atoms. The van der Waals surface area contributed by atoms with Gasteiger partial charge < -0.3 is 5.32 Å². The van der Waals surface area contributed by atoms with Crippen molar-refractivity contribution in [2.24, 2.45) is 0 Å². The van der Waals surface area contributed by atoms with Gasteiger partial charge in [0.1, 0.15) is 17.5 Å². The molecular formula is C13H9F2N3. The quantitative estimate of drug-likeness (QED) is 0.883. The van der Waals surface area contributed by atoms with E-state index in [2.05, 4.69) is 10.3 Å². The Morgan fingerprint density at radius 1 is 1.22 bits per heavy atom. The normalized spacial score (nSPS) is 9.89. The van der Waals surface area contributed by atoms with Crippen LogP contribution in [0.5, 0.6) is 0 Å². The van der Waals surface area contributed by atoms with Gasteiger partial charge in [-0.2, -0.15) is 5.26 Å². The van der Waals surface area contributed by atoms with E-state index in [0.717, 1.165) is 18.2 Å². The van der Waals surface area contributed by atoms with Crippen LogP contribution < -0.4 is 5.32 Å². The summed E-state index contributed by atoms with van der Waals surface area (Å²) in [6.45, 7) is 1.72. The lowest BCUT2D eigenvalue weighted by atomic mass is 10.2. The second-order valence-electron chi connectivity index (χ2n) is 3.74. The fourth-order valence-corrected chi connectivity index (χ4v) is 1.53. The third-order valence-electron chi connectivity index (χ3n) is 2.27. The number of aryl methyl sites for hydroxylation is 1. The Morgan fingerprint density at radius 2 is 2.00 bits per heavy atom. The minimum absolute atomic E-state index is 0.0167. The number of halogens is 2. The van der Waals surface area contributed by atoms with Crippen LogP contribution >= 0.6 is 0 Å². The zero-order chi connectivity index (χ0) is 13.1. The highest BCUT2D eigenvalue weighted by molar-refractivity contribution is 5.58. The number of nitrogens with one attached hydrogen (secondary N) is 1. The summed E-state index contributed by atoms with van der Waals surface area (Å²) in [5, 5.41) is 11.5. The summed E-state index contributed by atoms with van der Waals surface area (Å²) in [6.07, 6.45) is 0. The van der Waals surface area contributed by atoms with Gasteiger partial charge in [-0.25, -0.2) is 13.8 Å². The Labute approximate surface area is 103 Å². The van der Waals surface area contributed by atoms with Crippen molar-refractivity contribution in [1.29, 1.82) is 5.26 Å². The van der Waals surface area contributed by atoms with Crippen LogP contribution in [-0.2, 0) is 0 Å². The van der Waals surface area contributed by atoms with Gasteiger partial charge in [0, 0.05) is 11.8 Å². The molecule has 1 aromatic carbocycles. The van der Waals surface area contributed by atoms with Crippen molar-refractivity contribution in [1.82, 2.24) is 4.98 Å². The summed E-state index contributed by atoms with van der Waals surface area (Å²) in [6, 6.07) is 8.14. The van der Waals surface area contributed by atoms with Crippen LogP contribution in [0.2, 0.25) is 0 Å². The molecule has 0 unspecified atom stereocenters. The number of hydrogen-bond donors (Lipinski definition) is 1. The summed E-state index contributed by atoms with van der Waals surface area (Å²) in [5.74, 6) is -0.832. The van der Waals surface area contributed by atoms with E-state index in [9.17, 15) is 8.78 Å². The topological polar surface area (TPSA) is 48.7 Å². The number of pyridine rings is 1. The molecule has 3 nitrogen and oxygen atoms in total. The molecule has 2 rings (SSSR count). The van der Waals surface area contributed by atoms with Crippen molar-refractivity contribution in [2.75, 3.05) is 5.32 Å². The molecule has 0 saturated heterocycles. The maximum absolute atomic E-state index is 13.4. The van der Waals surface area contributed by atoms with E-state index in [1.165, 1.54) is 6.07 Å². The third kappa shape index (κ3) is 2.61. The van der Waals surface area contributed by atoms with Gasteiger partial charge in [0.15, 0.2) is 0 Å². The standard InChI is InChI=1S/C13H9F2N3/c1-8-4-9(7-16)5-13(17-8)18-12-6-10(14)2-3-11(12)15/h2-6H,1H3,(H,17,18). The second kappa shape index (κ2) is 4.80. The predicted octanol–water partition coefficient (Wildman–Crippen LogP) is 3.28. The number of nitriles is 1. The van der Waals surface area contributed by atoms with Crippen LogP contribution in [0, 0.1) is 29.9 Å². The first-order chi connectivity index (χ1) is 8.58. The third-order valence-corrected chi connectivity index (χ3v) is 2.27. The highest BCUT2D eigenvalue weighted by Gasteiger charge is 2.06. The van der Waals surface area contributed by atoms with Gasteiger partial charge in [-0.1, -0.05) is 0 Å². The molecule has 0 aliphatic carbocycles. The SMILES string of the molecule is Cc1cc(C#N)cc(Nc2cc(F)ccc2F)n1. The molecule has 0 aliphatic heterocycles. The number of rotatable bonds is 2. The van der Waals surface area contributed by atoms with Crippen molar-refractivity contribution in [3.05, 3.63) is 53.2 Å². The lowest BCUT2D eigenvalue weighted by Gasteiger charge is -2.08. The molecular weight excluding hydrogens is 236 g/mol. The first-order valence-corrected chi connectivity index (χ1v) is 5.19. The fourth-order valence-electron chi connectivity index (χ4n) is 1.53. The number of anilines is 2. The molecule has 1 N–H and O–H groups in total. The maximum Gasteiger partial charge on any atom is 0.146 e. The minimum Gasteiger partial charge on any atom is -0.338 e. The van der Waals surface area contributed by atoms with Crippen molar-refractivity contribution in [3.8, 4) is 6.07 Å². The highest BCUT2D eigenvalue weighted by atomic mass is 19.1. The Balaban J connectivity index is 2.37. The molecule has 0 spiro atoms. The average molecular weight is 245 g/mol. The van der Waals surface area contributed by atoms with Gasteiger partial charge >= 0.3 is 0 Å². The lowest BCUT2D eigenvalue weighted by Crippen LogP contribution is -1.98. The monoisotopic (exact) mass is 245 g/mol. The molecule has 1 heterocycles. The summed E-state index contributed by atoms with van der Waals surface area (Å²) in [4.78, 5) is 4.10. The molecule has 18 heavy (non-hydrogen) atoms. The number of aromatic nitrogens is 1. The molecule has 2 aromatic rings. The van der Waals surface area contributed by atoms with Crippen LogP contribution in [0.25, 0.3) is 0 Å². The van der Waals surface area contributed by atoms with E-state index in [0.29, 0.717) is 17.1 Å². The van der Waals surface area contributed by atoms with E-state index in [-0.39, 0.29) is 5.69 Å². The van der Waals surface area contributed by atoms with E-state index in [4.69, 9.17) is 5.26 Å². The van der Waals surface area contributed by atoms with Crippen molar-refractivity contribution in [2.45, 2.75) is 6.92 Å². The van der Waals surface area contributed by atoms with Crippen molar-refractivity contribution in [3.63, 3.8) is 0 Å². The Morgan fingerprint density at radius 3 is 2.72 bits per heavy atom. The first-order valence-electron chi connectivity index (χ1n) is 5.19. The number of nitrogens with zero attached hydrogens (tertiary/aromatic N) is 2. The van der Waals surface area contributed by atoms with Crippen molar-refractivity contribution < 1.29 is 8.78 Å². The van der Waals surface area contributed by atoms with E-state index in [1.54, 1.807) is 13.0 Å². The molecule has 0 aliphatic rings. The highest BCUT2D eigenvalue weighted by Crippen LogP contribution is 2.20. The van der Waals surface area contributed by atoms with Gasteiger partial charge in [-0.05, 0) is 31.2 Å². The molecule has 0 saturated carbocycles. The Hall–Kier alpha value is -2.48. The molecule has 1 aromatic heterocycles. The van der Waals surface area contributed by atoms with Crippen LogP contribution in [-0.4, -0.2) is 4.98 Å². The summed E-state index contributed by atoms with van der Waals surface area (Å²) < 4.78 is 26.4. The molecule has 90 valence electrons. The largest absolute Gasteiger partial charge is 0.338 e. The summed E-state index contributed by atoms with van der Waals surface area (Å²) in [7, 11) is 0. The summed E-state index contributed by atoms with van der Waals surface area (Å²) >= 11 is 0. The molecule has 0 atom stereocenters. The summed E-state index contributed by atoms with van der Waals surface area (Å²) in [5.41, 5.74) is 1.01. The average Bonchev–Trinajstić information content (AvgIpc) is 2.33. The zero-order valence-electron chi connectivity index (χ0n) is 9.54. The fraction of sp³-hybridized carbons (Fsp3) is 0.0769. The number of hydrogen-bond acceptors (Lipinski definition) is 3. The van der Waals surface area contributed by atoms with Gasteiger partial charge in [0.05, 0.1) is 17.3 Å². The van der Waals surface area contributed by atoms with Crippen LogP contribution in [0.1, 0.15) is 11.3 Å². The van der Waals surface area contributed by atoms with Crippen LogP contribution in [0.4, 0.5) is 20.3 Å². The van der Waals surface area contributed by atoms with Gasteiger partial charge in [0.25, 0.3) is 0 Å². The van der Waals surface area contributed by atoms with E-state index >= 15 is 0 Å². The van der Waals surface area contributed by atoms with Crippen molar-refractivity contribution >= 4 is 11.5 Å².